The molecule has 1 aliphatic heterocycles. The summed E-state index contributed by atoms with van der Waals surface area (Å²) in [6, 6.07) is 5.70. The van der Waals surface area contributed by atoms with E-state index in [0.29, 0.717) is 22.6 Å². The van der Waals surface area contributed by atoms with Crippen molar-refractivity contribution in [2.24, 2.45) is 0 Å². The van der Waals surface area contributed by atoms with Crippen LogP contribution in [0.4, 0.5) is 0 Å². The van der Waals surface area contributed by atoms with Crippen molar-refractivity contribution in [1.29, 1.82) is 0 Å². The van der Waals surface area contributed by atoms with Gasteiger partial charge in [0.1, 0.15) is 11.9 Å². The van der Waals surface area contributed by atoms with E-state index in [2.05, 4.69) is 4.98 Å². The number of imide groups is 1. The van der Waals surface area contributed by atoms with Gasteiger partial charge >= 0.3 is 0 Å². The number of benzene rings is 1. The molecule has 3 rings (SSSR count). The molecule has 1 aromatic carbocycles. The van der Waals surface area contributed by atoms with E-state index in [1.54, 1.807) is 51.2 Å². The van der Waals surface area contributed by atoms with Gasteiger partial charge in [-0.25, -0.2) is 4.98 Å². The third-order valence-corrected chi connectivity index (χ3v) is 3.81. The molecule has 0 saturated heterocycles. The zero-order valence-electron chi connectivity index (χ0n) is 12.5. The Morgan fingerprint density at radius 2 is 1.64 bits per heavy atom. The van der Waals surface area contributed by atoms with Crippen molar-refractivity contribution < 1.29 is 14.4 Å². The van der Waals surface area contributed by atoms with Crippen molar-refractivity contribution >= 4 is 17.7 Å². The number of imidazole rings is 1. The minimum absolute atomic E-state index is 0.339. The van der Waals surface area contributed by atoms with Gasteiger partial charge in [0.25, 0.3) is 17.7 Å². The molecule has 0 bridgehead atoms. The lowest BCUT2D eigenvalue weighted by Crippen LogP contribution is -2.45. The zero-order chi connectivity index (χ0) is 16.0. The number of carbonyl (C=O) groups excluding carboxylic acids is 3. The second kappa shape index (κ2) is 4.91. The molecule has 6 nitrogen and oxygen atoms in total. The largest absolute Gasteiger partial charge is 0.272 e. The highest BCUT2D eigenvalue weighted by molar-refractivity contribution is 6.22. The molecule has 0 unspecified atom stereocenters. The van der Waals surface area contributed by atoms with E-state index in [1.165, 1.54) is 4.57 Å². The van der Waals surface area contributed by atoms with Crippen molar-refractivity contribution in [3.8, 4) is 0 Å². The molecule has 2 heterocycles. The molecule has 0 radical (unpaired) electrons. The fourth-order valence-electron chi connectivity index (χ4n) is 2.71. The van der Waals surface area contributed by atoms with Gasteiger partial charge in [0.05, 0.1) is 16.8 Å². The maximum atomic E-state index is 12.6. The van der Waals surface area contributed by atoms with Crippen molar-refractivity contribution in [3.05, 3.63) is 53.1 Å². The number of carbonyl (C=O) groups is 3. The van der Waals surface area contributed by atoms with E-state index >= 15 is 0 Å². The molecule has 2 aromatic rings. The Hall–Kier alpha value is -2.76. The maximum Gasteiger partial charge on any atom is 0.262 e. The Kier molecular flexibility index (Phi) is 3.16. The molecular formula is C16H15N3O3. The normalized spacial score (nSPS) is 15.1. The van der Waals surface area contributed by atoms with Crippen LogP contribution < -0.4 is 0 Å². The Morgan fingerprint density at radius 3 is 2.09 bits per heavy atom. The van der Waals surface area contributed by atoms with E-state index in [9.17, 15) is 14.4 Å². The highest BCUT2D eigenvalue weighted by atomic mass is 16.2. The highest BCUT2D eigenvalue weighted by Gasteiger charge is 2.41. The quantitative estimate of drug-likeness (QED) is 0.793. The average Bonchev–Trinajstić information content (AvgIpc) is 2.96. The lowest BCUT2D eigenvalue weighted by molar-refractivity contribution is 0.0528. The predicted molar refractivity (Wildman–Crippen MR) is 78.7 cm³/mol. The molecule has 0 aliphatic carbocycles. The first-order valence-electron chi connectivity index (χ1n) is 6.95. The number of amides is 2. The van der Waals surface area contributed by atoms with E-state index in [-0.39, 0.29) is 5.91 Å². The third kappa shape index (κ3) is 1.95. The topological polar surface area (TPSA) is 72.3 Å². The lowest BCUT2D eigenvalue weighted by atomic mass is 10.1. The summed E-state index contributed by atoms with van der Waals surface area (Å²) in [5.41, 5.74) is 1.39. The Balaban J connectivity index is 1.95. The summed E-state index contributed by atoms with van der Waals surface area (Å²) in [7, 11) is 0. The fraction of sp³-hybridized carbons (Fsp3) is 0.250. The molecule has 112 valence electrons. The van der Waals surface area contributed by atoms with E-state index in [4.69, 9.17) is 0 Å². The molecule has 0 saturated carbocycles. The molecular weight excluding hydrogens is 282 g/mol. The van der Waals surface area contributed by atoms with Crippen molar-refractivity contribution in [2.75, 3.05) is 0 Å². The predicted octanol–water partition coefficient (Wildman–Crippen LogP) is 1.82. The fourth-order valence-corrected chi connectivity index (χ4v) is 2.71. The van der Waals surface area contributed by atoms with Gasteiger partial charge in [0, 0.05) is 6.20 Å². The number of aromatic nitrogens is 2. The van der Waals surface area contributed by atoms with Crippen LogP contribution in [0.5, 0.6) is 0 Å². The minimum atomic E-state index is -0.889. The smallest absolute Gasteiger partial charge is 0.262 e. The molecule has 0 N–H and O–H groups in total. The summed E-state index contributed by atoms with van der Waals surface area (Å²) >= 11 is 0. The third-order valence-electron chi connectivity index (χ3n) is 3.81. The Labute approximate surface area is 127 Å². The van der Waals surface area contributed by atoms with Gasteiger partial charge in [-0.15, -0.1) is 0 Å². The Bertz CT molecular complexity index is 772. The van der Waals surface area contributed by atoms with Gasteiger partial charge in [0.15, 0.2) is 0 Å². The second-order valence-electron chi connectivity index (χ2n) is 5.34. The zero-order valence-corrected chi connectivity index (χ0v) is 12.5. The summed E-state index contributed by atoms with van der Waals surface area (Å²) in [6.07, 6.45) is 1.60. The molecule has 1 atom stereocenters. The summed E-state index contributed by atoms with van der Waals surface area (Å²) in [5, 5.41) is 0. The van der Waals surface area contributed by atoms with Gasteiger partial charge in [-0.3, -0.25) is 23.9 Å². The van der Waals surface area contributed by atoms with Crippen LogP contribution in [0.15, 0.2) is 30.5 Å². The van der Waals surface area contributed by atoms with E-state index < -0.39 is 17.9 Å². The van der Waals surface area contributed by atoms with Crippen LogP contribution in [0.25, 0.3) is 0 Å². The average molecular weight is 297 g/mol. The van der Waals surface area contributed by atoms with Crippen molar-refractivity contribution in [2.45, 2.75) is 26.8 Å². The standard InChI is InChI=1S/C16H15N3O3/c1-9-8-18(11(3)17-9)14(20)10(2)19-15(21)12-6-4-5-7-13(12)16(19)22/h4-8,10H,1-3H3/t10-/m0/s1. The van der Waals surface area contributed by atoms with Crippen LogP contribution in [0.1, 0.15) is 44.0 Å². The highest BCUT2D eigenvalue weighted by Crippen LogP contribution is 2.25. The van der Waals surface area contributed by atoms with Crippen LogP contribution >= 0.6 is 0 Å². The minimum Gasteiger partial charge on any atom is -0.272 e. The monoisotopic (exact) mass is 297 g/mol. The van der Waals surface area contributed by atoms with Crippen LogP contribution in [-0.4, -0.2) is 38.2 Å². The first-order chi connectivity index (χ1) is 10.4. The number of aryl methyl sites for hydroxylation is 2. The van der Waals surface area contributed by atoms with Gasteiger partial charge in [-0.1, -0.05) is 12.1 Å². The van der Waals surface area contributed by atoms with Crippen LogP contribution in [0.2, 0.25) is 0 Å². The molecule has 0 fully saturated rings. The summed E-state index contributed by atoms with van der Waals surface area (Å²) in [6.45, 7) is 5.04. The molecule has 0 spiro atoms. The molecule has 6 heteroatoms. The summed E-state index contributed by atoms with van der Waals surface area (Å²) in [5.74, 6) is -0.689. The molecule has 1 aromatic heterocycles. The van der Waals surface area contributed by atoms with Crippen LogP contribution in [0.3, 0.4) is 0 Å². The molecule has 2 amide bonds. The van der Waals surface area contributed by atoms with Crippen LogP contribution in [0, 0.1) is 13.8 Å². The Morgan fingerprint density at radius 1 is 1.09 bits per heavy atom. The number of fused-ring (bicyclic) bond motifs is 1. The maximum absolute atomic E-state index is 12.6. The number of hydrogen-bond donors (Lipinski definition) is 0. The molecule has 1 aliphatic rings. The first kappa shape index (κ1) is 14.2. The first-order valence-corrected chi connectivity index (χ1v) is 6.95. The van der Waals surface area contributed by atoms with E-state index in [0.717, 1.165) is 4.90 Å². The van der Waals surface area contributed by atoms with Gasteiger partial charge in [-0.05, 0) is 32.9 Å². The van der Waals surface area contributed by atoms with Gasteiger partial charge in [-0.2, -0.15) is 0 Å². The lowest BCUT2D eigenvalue weighted by Gasteiger charge is -2.21. The number of rotatable bonds is 2. The second-order valence-corrected chi connectivity index (χ2v) is 5.34. The molecule has 22 heavy (non-hydrogen) atoms. The van der Waals surface area contributed by atoms with Gasteiger partial charge in [0.2, 0.25) is 0 Å². The summed E-state index contributed by atoms with van der Waals surface area (Å²) < 4.78 is 1.38. The summed E-state index contributed by atoms with van der Waals surface area (Å²) in [4.78, 5) is 42.6. The van der Waals surface area contributed by atoms with E-state index in [1.807, 2.05) is 0 Å². The van der Waals surface area contributed by atoms with Gasteiger partial charge < -0.3 is 0 Å². The number of nitrogens with zero attached hydrogens (tertiary/aromatic N) is 3. The van der Waals surface area contributed by atoms with Crippen LogP contribution in [-0.2, 0) is 0 Å². The SMILES string of the molecule is Cc1cn(C(=O)[C@H](C)N2C(=O)c3ccccc3C2=O)c(C)n1. The number of hydrogen-bond acceptors (Lipinski definition) is 4. The van der Waals surface area contributed by atoms with Crippen molar-refractivity contribution in [3.63, 3.8) is 0 Å². The van der Waals surface area contributed by atoms with Crippen molar-refractivity contribution in [1.82, 2.24) is 14.5 Å².